The highest BCUT2D eigenvalue weighted by molar-refractivity contribution is 5.96. The fourth-order valence-corrected chi connectivity index (χ4v) is 6.25. The van der Waals surface area contributed by atoms with Crippen LogP contribution in [0.3, 0.4) is 0 Å². The maximum absolute atomic E-state index is 4.02. The van der Waals surface area contributed by atoms with Crippen molar-refractivity contribution in [2.24, 2.45) is 5.92 Å². The smallest absolute Gasteiger partial charge is 0.0536 e. The first-order valence-electron chi connectivity index (χ1n) is 15.7. The molecular formula is C43H40N2. The molecular weight excluding hydrogens is 544 g/mol. The molecule has 0 aliphatic heterocycles. The Morgan fingerprint density at radius 2 is 1.56 bits per heavy atom. The van der Waals surface area contributed by atoms with Gasteiger partial charge in [-0.25, -0.2) is 0 Å². The molecule has 0 aromatic heterocycles. The number of hydrogen-bond donors (Lipinski definition) is 0. The Balaban J connectivity index is 1.33. The molecule has 0 heterocycles. The van der Waals surface area contributed by atoms with Crippen LogP contribution in [0.4, 0.5) is 11.4 Å². The fraction of sp³-hybridized carbons (Fsp3) is 0.116. The molecule has 2 aliphatic carbocycles. The Morgan fingerprint density at radius 1 is 0.800 bits per heavy atom. The molecule has 222 valence electrons. The number of hydrogen-bond acceptors (Lipinski definition) is 2. The average molecular weight is 585 g/mol. The second kappa shape index (κ2) is 14.0. The maximum Gasteiger partial charge on any atom is 0.0536 e. The molecule has 1 unspecified atom stereocenters. The molecule has 45 heavy (non-hydrogen) atoms. The van der Waals surface area contributed by atoms with E-state index in [2.05, 4.69) is 170 Å². The highest BCUT2D eigenvalue weighted by Gasteiger charge is 2.22. The maximum atomic E-state index is 4.02. The Labute approximate surface area is 268 Å². The largest absolute Gasteiger partial charge is 0.374 e. The molecule has 4 aromatic rings. The lowest BCUT2D eigenvalue weighted by molar-refractivity contribution is 0.637. The van der Waals surface area contributed by atoms with Crippen molar-refractivity contribution in [2.75, 3.05) is 23.4 Å². The summed E-state index contributed by atoms with van der Waals surface area (Å²) in [6.07, 6.45) is 23.5. The lowest BCUT2D eigenvalue weighted by atomic mass is 9.96. The number of benzene rings is 4. The van der Waals surface area contributed by atoms with Gasteiger partial charge in [-0.15, -0.1) is 0 Å². The lowest BCUT2D eigenvalue weighted by Crippen LogP contribution is -2.28. The molecule has 2 aliphatic rings. The van der Waals surface area contributed by atoms with E-state index in [1.165, 1.54) is 44.7 Å². The van der Waals surface area contributed by atoms with Gasteiger partial charge in [-0.3, -0.25) is 0 Å². The minimum atomic E-state index is 0.372. The lowest BCUT2D eigenvalue weighted by Gasteiger charge is -2.33. The Bertz CT molecular complexity index is 1860. The molecule has 1 atom stereocenters. The fourth-order valence-electron chi connectivity index (χ4n) is 6.25. The van der Waals surface area contributed by atoms with Crippen molar-refractivity contribution in [2.45, 2.75) is 12.8 Å². The number of anilines is 2. The predicted octanol–water partition coefficient (Wildman–Crippen LogP) is 11.0. The molecule has 2 heteroatoms. The Hall–Kier alpha value is -5.34. The van der Waals surface area contributed by atoms with Crippen LogP contribution in [-0.2, 0) is 0 Å². The summed E-state index contributed by atoms with van der Waals surface area (Å²) < 4.78 is 0. The van der Waals surface area contributed by atoms with Crippen LogP contribution in [0.25, 0.3) is 21.9 Å². The van der Waals surface area contributed by atoms with Gasteiger partial charge in [0, 0.05) is 48.4 Å². The standard InChI is InChI=1S/C43H40N2/c1-4-14-34(5-2)36-19-12-21-40(30-27-36)45(43-24-13-20-38-18-9-10-23-42(38)43)41-22-11-15-33(31-41)32-44(3)39-28-25-37(26-29-39)35-16-7-6-8-17-35/h4-14,16-20,22-31,33H,1-2,15,21,32H2,3H3/b34-14+. The monoisotopic (exact) mass is 584 g/mol. The van der Waals surface area contributed by atoms with Gasteiger partial charge in [0.1, 0.15) is 0 Å². The van der Waals surface area contributed by atoms with Crippen LogP contribution in [0, 0.1) is 5.92 Å². The van der Waals surface area contributed by atoms with E-state index in [0.29, 0.717) is 5.92 Å². The van der Waals surface area contributed by atoms with Gasteiger partial charge in [0.05, 0.1) is 5.69 Å². The van der Waals surface area contributed by atoms with E-state index in [1.54, 1.807) is 0 Å². The van der Waals surface area contributed by atoms with Gasteiger partial charge in [-0.1, -0.05) is 141 Å². The van der Waals surface area contributed by atoms with Gasteiger partial charge in [-0.2, -0.15) is 0 Å². The summed E-state index contributed by atoms with van der Waals surface area (Å²) in [5.41, 5.74) is 9.52. The molecule has 0 bridgehead atoms. The summed E-state index contributed by atoms with van der Waals surface area (Å²) in [5.74, 6) is 0.372. The molecule has 0 spiro atoms. The number of allylic oxidation sites excluding steroid dienone is 11. The summed E-state index contributed by atoms with van der Waals surface area (Å²) >= 11 is 0. The summed E-state index contributed by atoms with van der Waals surface area (Å²) in [4.78, 5) is 4.83. The quantitative estimate of drug-likeness (QED) is 0.171. The highest BCUT2D eigenvalue weighted by Crippen LogP contribution is 2.37. The molecule has 0 N–H and O–H groups in total. The van der Waals surface area contributed by atoms with Crippen LogP contribution < -0.4 is 9.80 Å². The Kier molecular flexibility index (Phi) is 9.22. The minimum absolute atomic E-state index is 0.372. The third-order valence-corrected chi connectivity index (χ3v) is 8.54. The average Bonchev–Trinajstić information content (AvgIpc) is 3.34. The van der Waals surface area contributed by atoms with Crippen molar-refractivity contribution < 1.29 is 0 Å². The molecule has 4 aromatic carbocycles. The van der Waals surface area contributed by atoms with E-state index in [1.807, 2.05) is 18.2 Å². The molecule has 0 saturated carbocycles. The summed E-state index contributed by atoms with van der Waals surface area (Å²) in [7, 11) is 2.20. The highest BCUT2D eigenvalue weighted by atomic mass is 15.2. The first kappa shape index (κ1) is 29.7. The van der Waals surface area contributed by atoms with Crippen molar-refractivity contribution in [3.8, 4) is 11.1 Å². The third-order valence-electron chi connectivity index (χ3n) is 8.54. The van der Waals surface area contributed by atoms with Crippen LogP contribution in [0.1, 0.15) is 12.8 Å². The molecule has 6 rings (SSSR count). The zero-order valence-corrected chi connectivity index (χ0v) is 26.0. The SMILES string of the molecule is C=C/C=C(\C=C)C1=CC=C(N(C2=CC(CN(C)c3ccc(-c4ccccc4)cc3)CC=C2)c2cccc3ccccc23)CC=C1. The Morgan fingerprint density at radius 3 is 2.36 bits per heavy atom. The zero-order valence-electron chi connectivity index (χ0n) is 26.0. The second-order valence-corrected chi connectivity index (χ2v) is 11.6. The van der Waals surface area contributed by atoms with E-state index in [4.69, 9.17) is 0 Å². The van der Waals surface area contributed by atoms with Crippen LogP contribution in [0.15, 0.2) is 194 Å². The van der Waals surface area contributed by atoms with Crippen LogP contribution in [0.2, 0.25) is 0 Å². The normalized spacial score (nSPS) is 16.3. The van der Waals surface area contributed by atoms with Gasteiger partial charge < -0.3 is 9.80 Å². The van der Waals surface area contributed by atoms with Gasteiger partial charge in [0.15, 0.2) is 0 Å². The van der Waals surface area contributed by atoms with Gasteiger partial charge >= 0.3 is 0 Å². The van der Waals surface area contributed by atoms with Crippen molar-refractivity contribution in [3.05, 3.63) is 194 Å². The number of fused-ring (bicyclic) bond motifs is 1. The van der Waals surface area contributed by atoms with Gasteiger partial charge in [0.25, 0.3) is 0 Å². The van der Waals surface area contributed by atoms with Gasteiger partial charge in [-0.05, 0) is 64.4 Å². The zero-order chi connectivity index (χ0) is 31.0. The summed E-state index contributed by atoms with van der Waals surface area (Å²) in [5, 5.41) is 2.48. The van der Waals surface area contributed by atoms with Crippen LogP contribution in [-0.4, -0.2) is 13.6 Å². The van der Waals surface area contributed by atoms with Crippen molar-refractivity contribution >= 4 is 22.1 Å². The number of rotatable bonds is 10. The topological polar surface area (TPSA) is 6.48 Å². The predicted molar refractivity (Wildman–Crippen MR) is 195 cm³/mol. The molecule has 0 amide bonds. The van der Waals surface area contributed by atoms with Crippen molar-refractivity contribution in [1.82, 2.24) is 0 Å². The second-order valence-electron chi connectivity index (χ2n) is 11.6. The van der Waals surface area contributed by atoms with Crippen LogP contribution in [0.5, 0.6) is 0 Å². The van der Waals surface area contributed by atoms with Crippen molar-refractivity contribution in [1.29, 1.82) is 0 Å². The molecule has 2 nitrogen and oxygen atoms in total. The van der Waals surface area contributed by atoms with E-state index in [-0.39, 0.29) is 0 Å². The van der Waals surface area contributed by atoms with E-state index in [9.17, 15) is 0 Å². The molecule has 0 radical (unpaired) electrons. The summed E-state index contributed by atoms with van der Waals surface area (Å²) in [6.45, 7) is 8.84. The van der Waals surface area contributed by atoms with E-state index < -0.39 is 0 Å². The van der Waals surface area contributed by atoms with E-state index in [0.717, 1.165) is 30.5 Å². The summed E-state index contributed by atoms with van der Waals surface area (Å²) in [6, 6.07) is 34.7. The van der Waals surface area contributed by atoms with Crippen LogP contribution >= 0.6 is 0 Å². The first-order chi connectivity index (χ1) is 22.1. The number of nitrogens with zero attached hydrogens (tertiary/aromatic N) is 2. The third kappa shape index (κ3) is 6.76. The molecule has 0 saturated heterocycles. The van der Waals surface area contributed by atoms with Crippen molar-refractivity contribution in [3.63, 3.8) is 0 Å². The van der Waals surface area contributed by atoms with Gasteiger partial charge in [0.2, 0.25) is 0 Å². The molecule has 0 fully saturated rings. The van der Waals surface area contributed by atoms with E-state index >= 15 is 0 Å². The first-order valence-corrected chi connectivity index (χ1v) is 15.7. The minimum Gasteiger partial charge on any atom is -0.374 e.